The van der Waals surface area contributed by atoms with Gasteiger partial charge in [0.15, 0.2) is 11.5 Å². The van der Waals surface area contributed by atoms with Crippen LogP contribution in [0, 0.1) is 13.8 Å². The molecule has 1 saturated heterocycles. The van der Waals surface area contributed by atoms with E-state index in [1.165, 1.54) is 17.5 Å². The molecule has 0 radical (unpaired) electrons. The Kier molecular flexibility index (Phi) is 5.87. The molecule has 2 heterocycles. The number of ether oxygens (including phenoxy) is 2. The summed E-state index contributed by atoms with van der Waals surface area (Å²) < 4.78 is 17.1. The number of rotatable bonds is 7. The molecule has 1 aliphatic heterocycles. The first-order chi connectivity index (χ1) is 12.5. The summed E-state index contributed by atoms with van der Waals surface area (Å²) in [4.78, 5) is 2.51. The van der Waals surface area contributed by atoms with Crippen LogP contribution in [0.25, 0.3) is 0 Å². The van der Waals surface area contributed by atoms with Crippen molar-refractivity contribution < 1.29 is 14.0 Å². The SMILES string of the molecule is CCOc1cc(CN2CCC[C@@H]2c2c(C)noc2C)ccc1OC(C)C. The van der Waals surface area contributed by atoms with Gasteiger partial charge in [-0.25, -0.2) is 0 Å². The Bertz CT molecular complexity index is 719. The van der Waals surface area contributed by atoms with Crippen LogP contribution in [-0.2, 0) is 6.54 Å². The zero-order valence-corrected chi connectivity index (χ0v) is 16.5. The smallest absolute Gasteiger partial charge is 0.161 e. The predicted octanol–water partition coefficient (Wildman–Crippen LogP) is 4.81. The van der Waals surface area contributed by atoms with Crippen LogP contribution in [0.15, 0.2) is 22.7 Å². The fourth-order valence-corrected chi connectivity index (χ4v) is 3.81. The van der Waals surface area contributed by atoms with Crippen LogP contribution < -0.4 is 9.47 Å². The van der Waals surface area contributed by atoms with Crippen molar-refractivity contribution in [3.8, 4) is 11.5 Å². The zero-order chi connectivity index (χ0) is 18.7. The van der Waals surface area contributed by atoms with Crippen molar-refractivity contribution in [3.63, 3.8) is 0 Å². The van der Waals surface area contributed by atoms with Crippen molar-refractivity contribution >= 4 is 0 Å². The maximum absolute atomic E-state index is 5.88. The lowest BCUT2D eigenvalue weighted by Crippen LogP contribution is -2.23. The molecule has 5 heteroatoms. The zero-order valence-electron chi connectivity index (χ0n) is 16.5. The quantitative estimate of drug-likeness (QED) is 0.710. The molecule has 0 N–H and O–H groups in total. The van der Waals surface area contributed by atoms with Gasteiger partial charge >= 0.3 is 0 Å². The van der Waals surface area contributed by atoms with Crippen molar-refractivity contribution in [3.05, 3.63) is 40.8 Å². The van der Waals surface area contributed by atoms with Gasteiger partial charge in [-0.3, -0.25) is 4.90 Å². The van der Waals surface area contributed by atoms with Gasteiger partial charge in [-0.15, -0.1) is 0 Å². The molecule has 0 spiro atoms. The maximum atomic E-state index is 5.88. The average Bonchev–Trinajstić information content (AvgIpc) is 3.16. The normalized spacial score (nSPS) is 17.8. The molecule has 1 aromatic carbocycles. The minimum Gasteiger partial charge on any atom is -0.490 e. The summed E-state index contributed by atoms with van der Waals surface area (Å²) in [5.41, 5.74) is 3.51. The van der Waals surface area contributed by atoms with Gasteiger partial charge in [-0.05, 0) is 71.7 Å². The van der Waals surface area contributed by atoms with Crippen LogP contribution in [0.5, 0.6) is 11.5 Å². The first-order valence-corrected chi connectivity index (χ1v) is 9.58. The van der Waals surface area contributed by atoms with E-state index in [0.717, 1.165) is 42.5 Å². The van der Waals surface area contributed by atoms with E-state index in [9.17, 15) is 0 Å². The second-order valence-electron chi connectivity index (χ2n) is 7.25. The Morgan fingerprint density at radius 2 is 2.08 bits per heavy atom. The minimum atomic E-state index is 0.127. The second-order valence-corrected chi connectivity index (χ2v) is 7.25. The summed E-state index contributed by atoms with van der Waals surface area (Å²) in [6.07, 6.45) is 2.47. The Morgan fingerprint density at radius 3 is 2.73 bits per heavy atom. The molecule has 0 unspecified atom stereocenters. The Hall–Kier alpha value is -2.01. The summed E-state index contributed by atoms with van der Waals surface area (Å²) in [6.45, 7) is 12.7. The molecule has 5 nitrogen and oxygen atoms in total. The van der Waals surface area contributed by atoms with Crippen molar-refractivity contribution in [2.24, 2.45) is 0 Å². The number of hydrogen-bond acceptors (Lipinski definition) is 5. The fourth-order valence-electron chi connectivity index (χ4n) is 3.81. The molecule has 142 valence electrons. The third-order valence-corrected chi connectivity index (χ3v) is 4.84. The van der Waals surface area contributed by atoms with Gasteiger partial charge in [0.1, 0.15) is 5.76 Å². The molecule has 0 amide bonds. The van der Waals surface area contributed by atoms with E-state index in [2.05, 4.69) is 22.2 Å². The maximum Gasteiger partial charge on any atom is 0.161 e. The first-order valence-electron chi connectivity index (χ1n) is 9.58. The van der Waals surface area contributed by atoms with Crippen molar-refractivity contribution in [1.82, 2.24) is 10.1 Å². The van der Waals surface area contributed by atoms with Crippen LogP contribution in [0.3, 0.4) is 0 Å². The molecule has 3 rings (SSSR count). The first kappa shape index (κ1) is 18.8. The van der Waals surface area contributed by atoms with Crippen molar-refractivity contribution in [2.75, 3.05) is 13.2 Å². The van der Waals surface area contributed by atoms with Gasteiger partial charge in [0.2, 0.25) is 0 Å². The largest absolute Gasteiger partial charge is 0.490 e. The highest BCUT2D eigenvalue weighted by Gasteiger charge is 2.30. The monoisotopic (exact) mass is 358 g/mol. The van der Waals surface area contributed by atoms with E-state index in [0.29, 0.717) is 12.6 Å². The van der Waals surface area contributed by atoms with E-state index in [1.54, 1.807) is 0 Å². The number of hydrogen-bond donors (Lipinski definition) is 0. The highest BCUT2D eigenvalue weighted by Crippen LogP contribution is 2.37. The third kappa shape index (κ3) is 4.04. The van der Waals surface area contributed by atoms with Gasteiger partial charge in [-0.1, -0.05) is 11.2 Å². The van der Waals surface area contributed by atoms with E-state index >= 15 is 0 Å². The van der Waals surface area contributed by atoms with Crippen molar-refractivity contribution in [1.29, 1.82) is 0 Å². The van der Waals surface area contributed by atoms with Crippen LogP contribution in [0.2, 0.25) is 0 Å². The van der Waals surface area contributed by atoms with Crippen LogP contribution in [-0.4, -0.2) is 29.3 Å². The Morgan fingerprint density at radius 1 is 1.27 bits per heavy atom. The summed E-state index contributed by atoms with van der Waals surface area (Å²) in [5.74, 6) is 2.58. The molecule has 0 saturated carbocycles. The number of aryl methyl sites for hydroxylation is 2. The van der Waals surface area contributed by atoms with Crippen molar-refractivity contribution in [2.45, 2.75) is 66.2 Å². The van der Waals surface area contributed by atoms with Gasteiger partial charge in [0.05, 0.1) is 18.4 Å². The third-order valence-electron chi connectivity index (χ3n) is 4.84. The lowest BCUT2D eigenvalue weighted by atomic mass is 10.0. The van der Waals surface area contributed by atoms with Crippen LogP contribution >= 0.6 is 0 Å². The Labute approximate surface area is 156 Å². The molecule has 1 fully saturated rings. The molecule has 1 atom stereocenters. The molecule has 0 bridgehead atoms. The van der Waals surface area contributed by atoms with Gasteiger partial charge < -0.3 is 14.0 Å². The van der Waals surface area contributed by atoms with Gasteiger partial charge in [0.25, 0.3) is 0 Å². The number of benzene rings is 1. The highest BCUT2D eigenvalue weighted by atomic mass is 16.5. The molecule has 1 aliphatic rings. The highest BCUT2D eigenvalue weighted by molar-refractivity contribution is 5.43. The van der Waals surface area contributed by atoms with Gasteiger partial charge in [0, 0.05) is 18.2 Å². The number of likely N-dealkylation sites (tertiary alicyclic amines) is 1. The fraction of sp³-hybridized carbons (Fsp3) is 0.571. The molecule has 26 heavy (non-hydrogen) atoms. The van der Waals surface area contributed by atoms with Crippen LogP contribution in [0.1, 0.15) is 62.2 Å². The average molecular weight is 358 g/mol. The molecule has 1 aromatic heterocycles. The van der Waals surface area contributed by atoms with E-state index in [4.69, 9.17) is 14.0 Å². The standard InChI is InChI=1S/C21H30N2O3/c1-6-24-20-12-17(9-10-19(20)25-14(2)3)13-23-11-7-8-18(23)21-15(4)22-26-16(21)5/h9-10,12,14,18H,6-8,11,13H2,1-5H3/t18-/m1/s1. The minimum absolute atomic E-state index is 0.127. The summed E-state index contributed by atoms with van der Waals surface area (Å²) in [7, 11) is 0. The molecule has 0 aliphatic carbocycles. The predicted molar refractivity (Wildman–Crippen MR) is 102 cm³/mol. The lowest BCUT2D eigenvalue weighted by molar-refractivity contribution is 0.222. The topological polar surface area (TPSA) is 47.7 Å². The van der Waals surface area contributed by atoms with E-state index < -0.39 is 0 Å². The molecular weight excluding hydrogens is 328 g/mol. The van der Waals surface area contributed by atoms with Crippen LogP contribution in [0.4, 0.5) is 0 Å². The lowest BCUT2D eigenvalue weighted by Gasteiger charge is -2.25. The molecular formula is C21H30N2O3. The number of aromatic nitrogens is 1. The summed E-state index contributed by atoms with van der Waals surface area (Å²) >= 11 is 0. The van der Waals surface area contributed by atoms with E-state index in [-0.39, 0.29) is 6.10 Å². The second kappa shape index (κ2) is 8.12. The van der Waals surface area contributed by atoms with Gasteiger partial charge in [-0.2, -0.15) is 0 Å². The Balaban J connectivity index is 1.80. The molecule has 2 aromatic rings. The summed E-state index contributed by atoms with van der Waals surface area (Å²) in [5, 5.41) is 4.14. The number of nitrogens with zero attached hydrogens (tertiary/aromatic N) is 2. The van der Waals surface area contributed by atoms with E-state index in [1.807, 2.05) is 40.7 Å². The summed E-state index contributed by atoms with van der Waals surface area (Å²) in [6, 6.07) is 6.66.